The number of rotatable bonds is 10. The second-order valence-electron chi connectivity index (χ2n) is 6.74. The Kier molecular flexibility index (Phi) is 7.50. The summed E-state index contributed by atoms with van der Waals surface area (Å²) in [7, 11) is -5.31. The molecule has 1 aliphatic heterocycles. The van der Waals surface area contributed by atoms with E-state index in [1.54, 1.807) is 0 Å². The first kappa shape index (κ1) is 22.0. The maximum atomic E-state index is 6.32. The highest BCUT2D eigenvalue weighted by molar-refractivity contribution is 6.80. The summed E-state index contributed by atoms with van der Waals surface area (Å²) in [6.45, 7) is 9.92. The lowest BCUT2D eigenvalue weighted by atomic mass is 10.2. The molecule has 2 aromatic rings. The van der Waals surface area contributed by atoms with Crippen LogP contribution in [0.2, 0.25) is 6.55 Å². The van der Waals surface area contributed by atoms with Crippen LogP contribution in [0.1, 0.15) is 26.3 Å². The molecule has 0 radical (unpaired) electrons. The predicted molar refractivity (Wildman–Crippen MR) is 116 cm³/mol. The largest absolute Gasteiger partial charge is 0.540 e. The molecule has 3 rings (SSSR count). The van der Waals surface area contributed by atoms with Crippen molar-refractivity contribution in [1.29, 1.82) is 0 Å². The molecular formula is C21H30O6Si2. The van der Waals surface area contributed by atoms with Gasteiger partial charge in [-0.15, -0.1) is 0 Å². The quantitative estimate of drug-likeness (QED) is 0.533. The Labute approximate surface area is 175 Å². The summed E-state index contributed by atoms with van der Waals surface area (Å²) >= 11 is 0. The van der Waals surface area contributed by atoms with Crippen LogP contribution in [0.5, 0.6) is 11.5 Å². The van der Waals surface area contributed by atoms with Crippen molar-refractivity contribution in [3.05, 3.63) is 54.1 Å². The van der Waals surface area contributed by atoms with Crippen LogP contribution in [-0.2, 0) is 24.3 Å². The molecule has 0 bridgehead atoms. The van der Waals surface area contributed by atoms with Gasteiger partial charge in [-0.05, 0) is 45.5 Å². The topological polar surface area (TPSA) is 55.4 Å². The van der Waals surface area contributed by atoms with Crippen molar-refractivity contribution in [2.45, 2.75) is 33.9 Å². The minimum Gasteiger partial charge on any atom is -0.517 e. The third-order valence-electron chi connectivity index (χ3n) is 4.65. The van der Waals surface area contributed by atoms with Crippen molar-refractivity contribution in [3.63, 3.8) is 0 Å². The predicted octanol–water partition coefficient (Wildman–Crippen LogP) is 3.54. The highest BCUT2D eigenvalue weighted by atomic mass is 28.4. The van der Waals surface area contributed by atoms with Gasteiger partial charge in [0.2, 0.25) is 0 Å². The molecule has 0 saturated carbocycles. The fraction of sp³-hybridized carbons (Fsp3) is 0.429. The Bertz CT molecular complexity index is 771. The van der Waals surface area contributed by atoms with Crippen LogP contribution < -0.4 is 14.3 Å². The fourth-order valence-electron chi connectivity index (χ4n) is 3.28. The molecule has 0 saturated heterocycles. The van der Waals surface area contributed by atoms with E-state index in [1.165, 1.54) is 0 Å². The van der Waals surface area contributed by atoms with Gasteiger partial charge < -0.3 is 26.9 Å². The molecule has 0 aliphatic carbocycles. The zero-order valence-electron chi connectivity index (χ0n) is 17.6. The van der Waals surface area contributed by atoms with Gasteiger partial charge in [0.1, 0.15) is 11.5 Å². The number of hydrogen-bond acceptors (Lipinski definition) is 6. The molecule has 1 unspecified atom stereocenters. The lowest BCUT2D eigenvalue weighted by Gasteiger charge is -2.33. The lowest BCUT2D eigenvalue weighted by molar-refractivity contribution is 0.0541. The van der Waals surface area contributed by atoms with Crippen molar-refractivity contribution < 1.29 is 26.9 Å². The normalized spacial score (nSPS) is 18.8. The van der Waals surface area contributed by atoms with Gasteiger partial charge in [-0.25, -0.2) is 0 Å². The van der Waals surface area contributed by atoms with E-state index < -0.39 is 17.4 Å². The fourth-order valence-corrected chi connectivity index (χ4v) is 7.63. The second kappa shape index (κ2) is 9.88. The maximum absolute atomic E-state index is 6.32. The number of fused-ring (bicyclic) bond motifs is 1. The molecule has 8 heteroatoms. The third-order valence-corrected chi connectivity index (χ3v) is 10.0. The van der Waals surface area contributed by atoms with E-state index in [4.69, 9.17) is 26.9 Å². The summed E-state index contributed by atoms with van der Waals surface area (Å²) in [5.74, 6) is 1.57. The van der Waals surface area contributed by atoms with Crippen LogP contribution in [-0.4, -0.2) is 43.4 Å². The van der Waals surface area contributed by atoms with E-state index in [1.807, 2.05) is 57.2 Å². The summed E-state index contributed by atoms with van der Waals surface area (Å²) in [4.78, 5) is 0. The van der Waals surface area contributed by atoms with Gasteiger partial charge in [-0.2, -0.15) is 0 Å². The van der Waals surface area contributed by atoms with Crippen molar-refractivity contribution in [1.82, 2.24) is 0 Å². The van der Waals surface area contributed by atoms with Crippen LogP contribution >= 0.6 is 0 Å². The molecule has 2 aromatic carbocycles. The van der Waals surface area contributed by atoms with Crippen LogP contribution in [0.3, 0.4) is 0 Å². The zero-order chi connectivity index (χ0) is 20.7. The molecule has 0 aromatic heterocycles. The molecule has 1 aliphatic rings. The summed E-state index contributed by atoms with van der Waals surface area (Å²) in [6, 6.07) is 16.0. The standard InChI is InChI=1S/C21H30O6Si2/c1-5-23-29(24-6-2,25-7-3)17-22-19-13-14-21-18(15-19)16-26-28(4,27-21)20-11-9-8-10-12-20/h8-15H,5-7,16-17H2,1-4H3. The van der Waals surface area contributed by atoms with Gasteiger partial charge >= 0.3 is 17.4 Å². The minimum atomic E-state index is -2.86. The van der Waals surface area contributed by atoms with Crippen LogP contribution in [0.25, 0.3) is 0 Å². The maximum Gasteiger partial charge on any atom is 0.540 e. The number of hydrogen-bond donors (Lipinski definition) is 0. The molecule has 0 fully saturated rings. The van der Waals surface area contributed by atoms with Crippen molar-refractivity contribution >= 4 is 22.6 Å². The molecule has 1 heterocycles. The van der Waals surface area contributed by atoms with Gasteiger partial charge in [0, 0.05) is 30.6 Å². The smallest absolute Gasteiger partial charge is 0.517 e. The Balaban J connectivity index is 1.71. The molecule has 1 atom stereocenters. The van der Waals surface area contributed by atoms with Crippen molar-refractivity contribution in [2.75, 3.05) is 26.1 Å². The Morgan fingerprint density at radius 3 is 2.21 bits per heavy atom. The monoisotopic (exact) mass is 434 g/mol. The number of ether oxygens (including phenoxy) is 1. The second-order valence-corrected chi connectivity index (χ2v) is 12.2. The van der Waals surface area contributed by atoms with Gasteiger partial charge in [0.05, 0.1) is 6.61 Å². The third kappa shape index (κ3) is 5.27. The Hall–Kier alpha value is -1.69. The summed E-state index contributed by atoms with van der Waals surface area (Å²) in [5, 5.41) is 1.12. The highest BCUT2D eigenvalue weighted by Crippen LogP contribution is 2.32. The Morgan fingerprint density at radius 2 is 1.59 bits per heavy atom. The molecule has 158 valence electrons. The Morgan fingerprint density at radius 1 is 0.931 bits per heavy atom. The van der Waals surface area contributed by atoms with E-state index in [-0.39, 0.29) is 6.23 Å². The highest BCUT2D eigenvalue weighted by Gasteiger charge is 2.43. The molecule has 0 spiro atoms. The van der Waals surface area contributed by atoms with Crippen molar-refractivity contribution in [2.24, 2.45) is 0 Å². The zero-order valence-corrected chi connectivity index (χ0v) is 19.6. The van der Waals surface area contributed by atoms with E-state index >= 15 is 0 Å². The summed E-state index contributed by atoms with van der Waals surface area (Å²) in [6.07, 6.45) is 0.263. The first-order chi connectivity index (χ1) is 14.0. The molecule has 6 nitrogen and oxygen atoms in total. The van der Waals surface area contributed by atoms with Crippen LogP contribution in [0.4, 0.5) is 0 Å². The first-order valence-corrected chi connectivity index (χ1v) is 14.3. The molecule has 29 heavy (non-hydrogen) atoms. The summed E-state index contributed by atoms with van der Waals surface area (Å²) < 4.78 is 36.1. The molecular weight excluding hydrogens is 404 g/mol. The summed E-state index contributed by atoms with van der Waals surface area (Å²) in [5.41, 5.74) is 0.972. The molecule has 0 amide bonds. The lowest BCUT2D eigenvalue weighted by Crippen LogP contribution is -2.55. The molecule has 0 N–H and O–H groups in total. The number of benzene rings is 2. The average molecular weight is 435 g/mol. The average Bonchev–Trinajstić information content (AvgIpc) is 2.73. The van der Waals surface area contributed by atoms with E-state index in [0.717, 1.165) is 22.2 Å². The van der Waals surface area contributed by atoms with Crippen molar-refractivity contribution in [3.8, 4) is 11.5 Å². The van der Waals surface area contributed by atoms with Crippen LogP contribution in [0, 0.1) is 0 Å². The van der Waals surface area contributed by atoms with Gasteiger partial charge in [0.25, 0.3) is 0 Å². The van der Waals surface area contributed by atoms with Gasteiger partial charge in [-0.3, -0.25) is 0 Å². The van der Waals surface area contributed by atoms with E-state index in [2.05, 4.69) is 18.7 Å². The van der Waals surface area contributed by atoms with E-state index in [9.17, 15) is 0 Å². The first-order valence-electron chi connectivity index (χ1n) is 10.1. The minimum absolute atomic E-state index is 0.263. The SMILES string of the molecule is CCO[Si](COc1ccc2c(c1)CO[Si](C)(c1ccccc1)O2)(OCC)OCC. The van der Waals surface area contributed by atoms with E-state index in [0.29, 0.717) is 26.4 Å². The van der Waals surface area contributed by atoms with Gasteiger partial charge in [-0.1, -0.05) is 30.3 Å². The van der Waals surface area contributed by atoms with Crippen LogP contribution in [0.15, 0.2) is 48.5 Å². The van der Waals surface area contributed by atoms with Gasteiger partial charge in [0.15, 0.2) is 6.23 Å².